The molecule has 0 fully saturated rings. The van der Waals surface area contributed by atoms with Gasteiger partial charge in [0.2, 0.25) is 0 Å². The van der Waals surface area contributed by atoms with Crippen molar-refractivity contribution >= 4 is 11.8 Å². The summed E-state index contributed by atoms with van der Waals surface area (Å²) >= 11 is 0. The summed E-state index contributed by atoms with van der Waals surface area (Å²) in [5.74, 6) is -2.22. The second-order valence-electron chi connectivity index (χ2n) is 6.92. The van der Waals surface area contributed by atoms with E-state index in [2.05, 4.69) is 55.5 Å². The molecule has 4 heteroatoms. The van der Waals surface area contributed by atoms with Crippen LogP contribution in [0.4, 0.5) is 0 Å². The summed E-state index contributed by atoms with van der Waals surface area (Å²) < 4.78 is 0. The van der Waals surface area contributed by atoms with Gasteiger partial charge in [-0.15, -0.1) is 0 Å². The first-order valence-electron chi connectivity index (χ1n) is 10.7. The molecule has 0 bridgehead atoms. The van der Waals surface area contributed by atoms with Crippen LogP contribution in [0.1, 0.15) is 77.6 Å². The normalized spacial score (nSPS) is 13.4. The molecule has 0 aromatic carbocycles. The Hall–Kier alpha value is -1.94. The Morgan fingerprint density at radius 1 is 0.821 bits per heavy atom. The summed E-state index contributed by atoms with van der Waals surface area (Å²) in [6, 6.07) is 0. The quantitative estimate of drug-likeness (QED) is 0.178. The molecule has 0 saturated heterocycles. The van der Waals surface area contributed by atoms with Gasteiger partial charge in [-0.1, -0.05) is 68.4 Å². The zero-order chi connectivity index (χ0) is 20.9. The van der Waals surface area contributed by atoms with Crippen LogP contribution in [0.3, 0.4) is 0 Å². The Kier molecular flexibility index (Phi) is 18.4. The minimum atomic E-state index is -1.06. The van der Waals surface area contributed by atoms with Gasteiger partial charge in [0.1, 0.15) is 11.7 Å². The minimum absolute atomic E-state index is 0.214. The van der Waals surface area contributed by atoms with E-state index in [1.165, 1.54) is 25.7 Å². The molecule has 158 valence electrons. The Labute approximate surface area is 171 Å². The van der Waals surface area contributed by atoms with E-state index < -0.39 is 11.9 Å². The fraction of sp³-hybridized carbons (Fsp3) is 0.583. The maximum absolute atomic E-state index is 11.9. The van der Waals surface area contributed by atoms with Gasteiger partial charge in [-0.25, -0.2) is 0 Å². The predicted octanol–water partition coefficient (Wildman–Crippen LogP) is 5.75. The smallest absolute Gasteiger partial charge is 0.314 e. The van der Waals surface area contributed by atoms with Gasteiger partial charge >= 0.3 is 5.97 Å². The second-order valence-corrected chi connectivity index (χ2v) is 6.92. The van der Waals surface area contributed by atoms with Gasteiger partial charge in [0, 0.05) is 6.42 Å². The summed E-state index contributed by atoms with van der Waals surface area (Å²) in [4.78, 5) is 22.9. The number of carboxylic acids is 1. The van der Waals surface area contributed by atoms with E-state index in [1.54, 1.807) is 0 Å². The third kappa shape index (κ3) is 16.2. The molecule has 0 aromatic rings. The van der Waals surface area contributed by atoms with Crippen molar-refractivity contribution in [3.63, 3.8) is 0 Å². The zero-order valence-corrected chi connectivity index (χ0v) is 17.5. The largest absolute Gasteiger partial charge is 0.481 e. The van der Waals surface area contributed by atoms with Crippen molar-refractivity contribution in [1.29, 1.82) is 0 Å². The molecule has 0 spiro atoms. The standard InChI is InChI=1S/C24H39NO3/c1-2-3-4-5-6-7-8-9-10-11-12-13-14-15-16-17-18-19-23(26)22(20-21-25)24(27)28/h6-7,9-10,12-13,15-16,22H,2-5,8,11,14,17-21,25H2,1H3,(H,27,28)/b7-6-,10-9-,13-12-,16-15-. The summed E-state index contributed by atoms with van der Waals surface area (Å²) in [5, 5.41) is 9.01. The molecule has 0 aliphatic heterocycles. The molecule has 0 radical (unpaired) electrons. The maximum Gasteiger partial charge on any atom is 0.314 e. The topological polar surface area (TPSA) is 80.4 Å². The molecule has 3 N–H and O–H groups in total. The van der Waals surface area contributed by atoms with Gasteiger partial charge in [-0.3, -0.25) is 9.59 Å². The number of hydrogen-bond donors (Lipinski definition) is 2. The molecule has 0 aliphatic rings. The molecule has 0 aromatic heterocycles. The van der Waals surface area contributed by atoms with Gasteiger partial charge in [-0.05, 0) is 57.9 Å². The SMILES string of the molecule is CCCCC/C=C\C/C=C\C/C=C\C/C=C\CCCC(=O)C(CCN)C(=O)O. The van der Waals surface area contributed by atoms with Gasteiger partial charge in [0.25, 0.3) is 0 Å². The van der Waals surface area contributed by atoms with Crippen molar-refractivity contribution < 1.29 is 14.7 Å². The lowest BCUT2D eigenvalue weighted by Gasteiger charge is -2.08. The van der Waals surface area contributed by atoms with Gasteiger partial charge in [0.05, 0.1) is 0 Å². The highest BCUT2D eigenvalue weighted by Crippen LogP contribution is 2.10. The fourth-order valence-electron chi connectivity index (χ4n) is 2.72. The van der Waals surface area contributed by atoms with Crippen molar-refractivity contribution in [2.45, 2.75) is 77.6 Å². The molecule has 0 aliphatic carbocycles. The van der Waals surface area contributed by atoms with Crippen LogP contribution in [0, 0.1) is 5.92 Å². The van der Waals surface area contributed by atoms with Crippen LogP contribution in [0.5, 0.6) is 0 Å². The summed E-state index contributed by atoms with van der Waals surface area (Å²) in [7, 11) is 0. The predicted molar refractivity (Wildman–Crippen MR) is 118 cm³/mol. The van der Waals surface area contributed by atoms with E-state index in [1.807, 2.05) is 0 Å². The minimum Gasteiger partial charge on any atom is -0.481 e. The van der Waals surface area contributed by atoms with Crippen LogP contribution >= 0.6 is 0 Å². The highest BCUT2D eigenvalue weighted by atomic mass is 16.4. The molecule has 0 heterocycles. The lowest BCUT2D eigenvalue weighted by molar-refractivity contribution is -0.146. The van der Waals surface area contributed by atoms with Crippen LogP contribution in [-0.2, 0) is 9.59 Å². The number of unbranched alkanes of at least 4 members (excludes halogenated alkanes) is 4. The van der Waals surface area contributed by atoms with Gasteiger partial charge in [-0.2, -0.15) is 0 Å². The average molecular weight is 390 g/mol. The van der Waals surface area contributed by atoms with Gasteiger partial charge in [0.15, 0.2) is 0 Å². The monoisotopic (exact) mass is 389 g/mol. The molecular weight excluding hydrogens is 350 g/mol. The Bertz CT molecular complexity index is 518. The summed E-state index contributed by atoms with van der Waals surface area (Å²) in [6.07, 6.45) is 27.2. The highest BCUT2D eigenvalue weighted by Gasteiger charge is 2.24. The molecule has 0 amide bonds. The number of allylic oxidation sites excluding steroid dienone is 8. The Morgan fingerprint density at radius 3 is 1.79 bits per heavy atom. The van der Waals surface area contributed by atoms with Crippen molar-refractivity contribution in [3.05, 3.63) is 48.6 Å². The van der Waals surface area contributed by atoms with E-state index in [-0.39, 0.29) is 18.7 Å². The maximum atomic E-state index is 11.9. The van der Waals surface area contributed by atoms with E-state index in [9.17, 15) is 9.59 Å². The lowest BCUT2D eigenvalue weighted by atomic mass is 9.96. The first-order chi connectivity index (χ1) is 13.6. The van der Waals surface area contributed by atoms with Crippen LogP contribution < -0.4 is 5.73 Å². The van der Waals surface area contributed by atoms with E-state index in [0.29, 0.717) is 12.8 Å². The van der Waals surface area contributed by atoms with Crippen LogP contribution in [-0.4, -0.2) is 23.4 Å². The van der Waals surface area contributed by atoms with Crippen molar-refractivity contribution in [2.75, 3.05) is 6.54 Å². The van der Waals surface area contributed by atoms with E-state index >= 15 is 0 Å². The van der Waals surface area contributed by atoms with Crippen LogP contribution in [0.2, 0.25) is 0 Å². The zero-order valence-electron chi connectivity index (χ0n) is 17.5. The Balaban J connectivity index is 3.69. The first-order valence-corrected chi connectivity index (χ1v) is 10.7. The number of Topliss-reactive ketones (excluding diaryl/α,β-unsaturated/α-hetero) is 1. The number of ketones is 1. The first kappa shape index (κ1) is 26.1. The number of nitrogens with two attached hydrogens (primary N) is 1. The molecule has 28 heavy (non-hydrogen) atoms. The number of carbonyl (C=O) groups is 2. The van der Waals surface area contributed by atoms with Crippen molar-refractivity contribution in [3.8, 4) is 0 Å². The fourth-order valence-corrected chi connectivity index (χ4v) is 2.72. The van der Waals surface area contributed by atoms with Crippen LogP contribution in [0.25, 0.3) is 0 Å². The Morgan fingerprint density at radius 2 is 1.32 bits per heavy atom. The van der Waals surface area contributed by atoms with Crippen molar-refractivity contribution in [2.24, 2.45) is 11.7 Å². The number of aliphatic carboxylic acids is 1. The third-order valence-electron chi connectivity index (χ3n) is 4.39. The number of carbonyl (C=O) groups excluding carboxylic acids is 1. The molecular formula is C24H39NO3. The highest BCUT2D eigenvalue weighted by molar-refractivity contribution is 5.98. The summed E-state index contributed by atoms with van der Waals surface area (Å²) in [6.45, 7) is 2.45. The number of carboxylic acid groups (broad SMARTS) is 1. The number of rotatable bonds is 18. The molecule has 1 atom stereocenters. The second kappa shape index (κ2) is 19.8. The molecule has 1 unspecified atom stereocenters. The van der Waals surface area contributed by atoms with Crippen LogP contribution in [0.15, 0.2) is 48.6 Å². The average Bonchev–Trinajstić information content (AvgIpc) is 2.68. The summed E-state index contributed by atoms with van der Waals surface area (Å²) in [5.41, 5.74) is 5.36. The molecule has 0 rings (SSSR count). The third-order valence-corrected chi connectivity index (χ3v) is 4.39. The van der Waals surface area contributed by atoms with Crippen molar-refractivity contribution in [1.82, 2.24) is 0 Å². The van der Waals surface area contributed by atoms with E-state index in [0.717, 1.165) is 25.7 Å². The number of hydrogen-bond acceptors (Lipinski definition) is 3. The van der Waals surface area contributed by atoms with E-state index in [4.69, 9.17) is 10.8 Å². The molecule has 0 saturated carbocycles. The van der Waals surface area contributed by atoms with Gasteiger partial charge < -0.3 is 10.8 Å². The lowest BCUT2D eigenvalue weighted by Crippen LogP contribution is -2.26. The molecule has 4 nitrogen and oxygen atoms in total.